The van der Waals surface area contributed by atoms with E-state index in [-0.39, 0.29) is 18.4 Å². The van der Waals surface area contributed by atoms with Gasteiger partial charge in [0.25, 0.3) is 6.23 Å². The van der Waals surface area contributed by atoms with Crippen molar-refractivity contribution in [1.82, 2.24) is 5.06 Å². The quantitative estimate of drug-likeness (QED) is 0.904. The standard InChI is InChI=1S/C16H19F3N2O2/c1-10(2)8-13(9-22)21-14(12-6-4-11(3)5-7-12)20-15(23-21)16(17,18)19/h3-7,10,13,15,22H,8-9H2,1-2H3. The first-order valence-corrected chi connectivity index (χ1v) is 7.29. The second-order valence-corrected chi connectivity index (χ2v) is 5.87. The van der Waals surface area contributed by atoms with Crippen molar-refractivity contribution in [2.45, 2.75) is 38.7 Å². The fourth-order valence-electron chi connectivity index (χ4n) is 2.36. The van der Waals surface area contributed by atoms with E-state index in [9.17, 15) is 18.3 Å². The van der Waals surface area contributed by atoms with Gasteiger partial charge in [-0.25, -0.2) is 14.9 Å². The van der Waals surface area contributed by atoms with Crippen LogP contribution < -0.4 is 0 Å². The predicted molar refractivity (Wildman–Crippen MR) is 79.5 cm³/mol. The van der Waals surface area contributed by atoms with Gasteiger partial charge in [-0.2, -0.15) is 13.2 Å². The molecule has 2 atom stereocenters. The number of aliphatic hydroxyl groups is 1. The SMILES string of the molecule is [CH]c1ccc(C2=NC(C(F)(F)F)ON2C(CO)CC(C)C)cc1. The lowest BCUT2D eigenvalue weighted by molar-refractivity contribution is -0.271. The van der Waals surface area contributed by atoms with Crippen molar-refractivity contribution < 1.29 is 23.1 Å². The summed E-state index contributed by atoms with van der Waals surface area (Å²) in [6.07, 6.45) is -6.42. The molecule has 0 bridgehead atoms. The number of aliphatic hydroxyl groups excluding tert-OH is 1. The fourth-order valence-corrected chi connectivity index (χ4v) is 2.36. The Bertz CT molecular complexity index is 555. The number of hydroxylamine groups is 2. The molecule has 0 saturated carbocycles. The molecule has 126 valence electrons. The van der Waals surface area contributed by atoms with Crippen molar-refractivity contribution in [3.63, 3.8) is 0 Å². The summed E-state index contributed by atoms with van der Waals surface area (Å²) in [4.78, 5) is 8.65. The first-order chi connectivity index (χ1) is 10.7. The lowest BCUT2D eigenvalue weighted by Crippen LogP contribution is -2.42. The minimum atomic E-state index is -4.62. The molecule has 1 heterocycles. The highest BCUT2D eigenvalue weighted by Gasteiger charge is 2.48. The van der Waals surface area contributed by atoms with Crippen LogP contribution >= 0.6 is 0 Å². The van der Waals surface area contributed by atoms with Crippen molar-refractivity contribution >= 4 is 5.84 Å². The van der Waals surface area contributed by atoms with Crippen molar-refractivity contribution in [3.8, 4) is 0 Å². The van der Waals surface area contributed by atoms with Crippen LogP contribution in [0.1, 0.15) is 31.4 Å². The van der Waals surface area contributed by atoms with Crippen LogP contribution in [0.25, 0.3) is 0 Å². The second-order valence-electron chi connectivity index (χ2n) is 5.87. The number of rotatable bonds is 5. The summed E-state index contributed by atoms with van der Waals surface area (Å²) in [7, 11) is 0. The minimum Gasteiger partial charge on any atom is -0.394 e. The largest absolute Gasteiger partial charge is 0.437 e. The highest BCUT2D eigenvalue weighted by Crippen LogP contribution is 2.32. The van der Waals surface area contributed by atoms with E-state index < -0.39 is 18.4 Å². The Morgan fingerprint density at radius 1 is 1.30 bits per heavy atom. The molecule has 23 heavy (non-hydrogen) atoms. The Balaban J connectivity index is 2.35. The van der Waals surface area contributed by atoms with Crippen LogP contribution in [0.3, 0.4) is 0 Å². The molecule has 2 rings (SSSR count). The van der Waals surface area contributed by atoms with E-state index in [0.717, 1.165) is 5.06 Å². The van der Waals surface area contributed by atoms with E-state index in [2.05, 4.69) is 4.99 Å². The first-order valence-electron chi connectivity index (χ1n) is 7.29. The molecule has 1 aliphatic heterocycles. The van der Waals surface area contributed by atoms with Gasteiger partial charge >= 0.3 is 6.18 Å². The van der Waals surface area contributed by atoms with Gasteiger partial charge in [-0.05, 0) is 24.8 Å². The number of nitrogens with zero attached hydrogens (tertiary/aromatic N) is 2. The zero-order valence-electron chi connectivity index (χ0n) is 12.9. The van der Waals surface area contributed by atoms with Gasteiger partial charge in [-0.15, -0.1) is 0 Å². The van der Waals surface area contributed by atoms with Crippen LogP contribution in [0.15, 0.2) is 29.3 Å². The molecular weight excluding hydrogens is 309 g/mol. The lowest BCUT2D eigenvalue weighted by Gasteiger charge is -2.29. The summed E-state index contributed by atoms with van der Waals surface area (Å²) in [6.45, 7) is 9.10. The molecular formula is C16H19F3N2O2. The summed E-state index contributed by atoms with van der Waals surface area (Å²) in [6, 6.07) is 5.69. The Labute approximate surface area is 133 Å². The van der Waals surface area contributed by atoms with Crippen molar-refractivity contribution in [2.75, 3.05) is 6.61 Å². The third-order valence-corrected chi connectivity index (χ3v) is 3.40. The van der Waals surface area contributed by atoms with Crippen molar-refractivity contribution in [2.24, 2.45) is 10.9 Å². The van der Waals surface area contributed by atoms with Gasteiger partial charge in [0, 0.05) is 5.56 Å². The maximum atomic E-state index is 13.0. The Kier molecular flexibility index (Phi) is 5.31. The number of halogens is 3. The third-order valence-electron chi connectivity index (χ3n) is 3.40. The molecule has 1 aromatic carbocycles. The van der Waals surface area contributed by atoms with Crippen LogP contribution in [0, 0.1) is 12.8 Å². The molecule has 1 N–H and O–H groups in total. The predicted octanol–water partition coefficient (Wildman–Crippen LogP) is 3.03. The van der Waals surface area contributed by atoms with E-state index in [1.807, 2.05) is 13.8 Å². The minimum absolute atomic E-state index is 0.0482. The Morgan fingerprint density at radius 2 is 1.91 bits per heavy atom. The molecule has 0 amide bonds. The smallest absolute Gasteiger partial charge is 0.394 e. The topological polar surface area (TPSA) is 45.1 Å². The molecule has 0 saturated heterocycles. The summed E-state index contributed by atoms with van der Waals surface area (Å²) >= 11 is 0. The van der Waals surface area contributed by atoms with Gasteiger partial charge in [0.1, 0.15) is 0 Å². The Hall–Kier alpha value is -1.60. The van der Waals surface area contributed by atoms with E-state index in [0.29, 0.717) is 17.5 Å². The van der Waals surface area contributed by atoms with Gasteiger partial charge < -0.3 is 5.11 Å². The first kappa shape index (κ1) is 17.7. The molecule has 2 unspecified atom stereocenters. The lowest BCUT2D eigenvalue weighted by atomic mass is 10.0. The van der Waals surface area contributed by atoms with Crippen LogP contribution in [0.5, 0.6) is 0 Å². The van der Waals surface area contributed by atoms with E-state index in [4.69, 9.17) is 11.8 Å². The molecule has 0 fully saturated rings. The van der Waals surface area contributed by atoms with Gasteiger partial charge in [0.05, 0.1) is 12.6 Å². The zero-order valence-corrected chi connectivity index (χ0v) is 12.9. The molecule has 0 spiro atoms. The average Bonchev–Trinajstić information content (AvgIpc) is 2.90. The fraction of sp³-hybridized carbons (Fsp3) is 0.500. The molecule has 4 nitrogen and oxygen atoms in total. The van der Waals surface area contributed by atoms with Gasteiger partial charge in [0.15, 0.2) is 5.84 Å². The highest BCUT2D eigenvalue weighted by atomic mass is 19.4. The normalized spacial score (nSPS) is 20.1. The molecule has 2 radical (unpaired) electrons. The van der Waals surface area contributed by atoms with Crippen LogP contribution in [-0.2, 0) is 4.84 Å². The number of hydrogen-bond acceptors (Lipinski definition) is 4. The molecule has 0 aliphatic carbocycles. The molecule has 7 heteroatoms. The van der Waals surface area contributed by atoms with E-state index >= 15 is 0 Å². The molecule has 1 aliphatic rings. The molecule has 0 aromatic heterocycles. The summed E-state index contributed by atoms with van der Waals surface area (Å²) < 4.78 is 38.9. The monoisotopic (exact) mass is 328 g/mol. The maximum Gasteiger partial charge on any atom is 0.437 e. The highest BCUT2D eigenvalue weighted by molar-refractivity contribution is 5.99. The van der Waals surface area contributed by atoms with Gasteiger partial charge in [-0.1, -0.05) is 38.1 Å². The number of alkyl halides is 3. The van der Waals surface area contributed by atoms with Gasteiger partial charge in [-0.3, -0.25) is 0 Å². The summed E-state index contributed by atoms with van der Waals surface area (Å²) in [5.74, 6) is 0.223. The van der Waals surface area contributed by atoms with Gasteiger partial charge in [0.2, 0.25) is 0 Å². The maximum absolute atomic E-state index is 13.0. The third kappa shape index (κ3) is 4.23. The van der Waals surface area contributed by atoms with Crippen molar-refractivity contribution in [1.29, 1.82) is 0 Å². The molecule has 1 aromatic rings. The van der Waals surface area contributed by atoms with Crippen molar-refractivity contribution in [3.05, 3.63) is 42.3 Å². The zero-order chi connectivity index (χ0) is 17.2. The van der Waals surface area contributed by atoms with Crippen LogP contribution in [-0.4, -0.2) is 41.1 Å². The number of amidine groups is 1. The van der Waals surface area contributed by atoms with E-state index in [1.54, 1.807) is 24.3 Å². The van der Waals surface area contributed by atoms with Crippen LogP contribution in [0.4, 0.5) is 13.2 Å². The summed E-state index contributed by atoms with van der Waals surface area (Å²) in [5.41, 5.74) is 0.946. The second kappa shape index (κ2) is 6.88. The number of hydrogen-bond donors (Lipinski definition) is 1. The Morgan fingerprint density at radius 3 is 2.39 bits per heavy atom. The van der Waals surface area contributed by atoms with E-state index in [1.165, 1.54) is 0 Å². The van der Waals surface area contributed by atoms with Crippen LogP contribution in [0.2, 0.25) is 0 Å². The summed E-state index contributed by atoms with van der Waals surface area (Å²) in [5, 5.41) is 10.6. The number of aliphatic imine (C=N–C) groups is 1. The number of benzene rings is 1. The average molecular weight is 328 g/mol.